The van der Waals surface area contributed by atoms with E-state index < -0.39 is 0 Å². The van der Waals surface area contributed by atoms with Crippen molar-refractivity contribution in [2.75, 3.05) is 46.3 Å². The van der Waals surface area contributed by atoms with Crippen LogP contribution in [-0.4, -0.2) is 56.3 Å². The topological polar surface area (TPSA) is 77.7 Å². The Kier molecular flexibility index (Phi) is 7.28. The summed E-state index contributed by atoms with van der Waals surface area (Å²) in [4.78, 5) is 18.0. The van der Waals surface area contributed by atoms with Gasteiger partial charge in [0.1, 0.15) is 5.82 Å². The quantitative estimate of drug-likeness (QED) is 0.735. The first-order valence-corrected chi connectivity index (χ1v) is 6.66. The van der Waals surface area contributed by atoms with Gasteiger partial charge in [-0.1, -0.05) is 11.6 Å². The zero-order chi connectivity index (χ0) is 15.0. The van der Waals surface area contributed by atoms with E-state index in [1.54, 1.807) is 19.1 Å². The number of nitrogens with two attached hydrogens (primary N) is 1. The van der Waals surface area contributed by atoms with Crippen LogP contribution in [0.2, 0.25) is 5.02 Å². The molecule has 112 valence electrons. The molecule has 0 aliphatic heterocycles. The molecule has 0 saturated heterocycles. The number of carbonyl (C=O) groups is 1. The van der Waals surface area contributed by atoms with Gasteiger partial charge in [0.05, 0.1) is 17.2 Å². The fraction of sp³-hybridized carbons (Fsp3) is 0.538. The Morgan fingerprint density at radius 3 is 2.70 bits per heavy atom. The van der Waals surface area contributed by atoms with Crippen molar-refractivity contribution in [2.45, 2.75) is 6.42 Å². The summed E-state index contributed by atoms with van der Waals surface area (Å²) < 4.78 is 10.0. The third kappa shape index (κ3) is 4.96. The lowest BCUT2D eigenvalue weighted by molar-refractivity contribution is 0.0674. The van der Waals surface area contributed by atoms with Gasteiger partial charge < -0.3 is 20.1 Å². The summed E-state index contributed by atoms with van der Waals surface area (Å²) in [5.41, 5.74) is 5.96. The molecule has 1 rings (SSSR count). The summed E-state index contributed by atoms with van der Waals surface area (Å²) in [6, 6.07) is 1.49. The summed E-state index contributed by atoms with van der Waals surface area (Å²) in [6.45, 7) is 2.09. The van der Waals surface area contributed by atoms with Gasteiger partial charge in [0.25, 0.3) is 5.91 Å². The van der Waals surface area contributed by atoms with Crippen molar-refractivity contribution >= 4 is 23.3 Å². The van der Waals surface area contributed by atoms with Crippen molar-refractivity contribution < 1.29 is 14.3 Å². The van der Waals surface area contributed by atoms with E-state index >= 15 is 0 Å². The molecule has 1 amide bonds. The summed E-state index contributed by atoms with van der Waals surface area (Å²) in [6.07, 6.45) is 2.12. The third-order valence-corrected chi connectivity index (χ3v) is 3.04. The van der Waals surface area contributed by atoms with E-state index in [-0.39, 0.29) is 11.7 Å². The van der Waals surface area contributed by atoms with Crippen molar-refractivity contribution in [3.63, 3.8) is 0 Å². The highest BCUT2D eigenvalue weighted by Gasteiger charge is 2.18. The normalized spacial score (nSPS) is 10.6. The number of amides is 1. The number of hydrogen-bond acceptors (Lipinski definition) is 5. The molecule has 0 spiro atoms. The Labute approximate surface area is 123 Å². The molecule has 0 aliphatic rings. The van der Waals surface area contributed by atoms with Crippen molar-refractivity contribution in [3.8, 4) is 0 Å². The molecule has 0 atom stereocenters. The smallest absolute Gasteiger partial charge is 0.255 e. The molecule has 0 radical (unpaired) electrons. The second-order valence-corrected chi connectivity index (χ2v) is 4.63. The van der Waals surface area contributed by atoms with E-state index in [2.05, 4.69) is 4.98 Å². The monoisotopic (exact) mass is 301 g/mol. The molecule has 20 heavy (non-hydrogen) atoms. The minimum absolute atomic E-state index is 0.183. The number of methoxy groups -OCH3 is 2. The number of ether oxygens (including phenoxy) is 2. The van der Waals surface area contributed by atoms with Crippen LogP contribution in [0.15, 0.2) is 12.3 Å². The predicted octanol–water partition coefficient (Wildman–Crippen LogP) is 1.44. The molecule has 7 heteroatoms. The molecule has 0 bridgehead atoms. The zero-order valence-corrected chi connectivity index (χ0v) is 12.5. The van der Waals surface area contributed by atoms with E-state index in [1.165, 1.54) is 12.3 Å². The second-order valence-electron chi connectivity index (χ2n) is 4.22. The van der Waals surface area contributed by atoms with Crippen molar-refractivity contribution in [3.05, 3.63) is 22.8 Å². The first-order valence-electron chi connectivity index (χ1n) is 6.28. The molecule has 1 heterocycles. The highest BCUT2D eigenvalue weighted by molar-refractivity contribution is 6.33. The molecule has 1 aromatic heterocycles. The molecule has 0 fully saturated rings. The van der Waals surface area contributed by atoms with Gasteiger partial charge in [0.15, 0.2) is 0 Å². The molecule has 0 saturated carbocycles. The van der Waals surface area contributed by atoms with Gasteiger partial charge in [0.2, 0.25) is 0 Å². The van der Waals surface area contributed by atoms with E-state index in [9.17, 15) is 4.79 Å². The third-order valence-electron chi connectivity index (χ3n) is 2.74. The van der Waals surface area contributed by atoms with Gasteiger partial charge in [-0.05, 0) is 12.5 Å². The van der Waals surface area contributed by atoms with Gasteiger partial charge in [-0.25, -0.2) is 4.98 Å². The van der Waals surface area contributed by atoms with Crippen LogP contribution in [0.4, 0.5) is 5.82 Å². The molecule has 2 N–H and O–H groups in total. The fourth-order valence-electron chi connectivity index (χ4n) is 1.71. The molecule has 1 aromatic rings. The average molecular weight is 302 g/mol. The molecule has 0 aromatic carbocycles. The minimum Gasteiger partial charge on any atom is -0.385 e. The van der Waals surface area contributed by atoms with Gasteiger partial charge in [-0.15, -0.1) is 0 Å². The minimum atomic E-state index is -0.183. The standard InChI is InChI=1S/C13H20ClN3O3/c1-19-6-3-4-17(5-7-20-2)13(18)10-8-12(15)16-9-11(10)14/h8-9H,3-7H2,1-2H3,(H2,15,16). The first-order chi connectivity index (χ1) is 9.60. The highest BCUT2D eigenvalue weighted by Crippen LogP contribution is 2.18. The van der Waals surface area contributed by atoms with Crippen LogP contribution in [0.25, 0.3) is 0 Å². The van der Waals surface area contributed by atoms with Crippen LogP contribution in [-0.2, 0) is 9.47 Å². The van der Waals surface area contributed by atoms with Gasteiger partial charge in [0, 0.05) is 40.1 Å². The van der Waals surface area contributed by atoms with E-state index in [1.807, 2.05) is 0 Å². The van der Waals surface area contributed by atoms with Crippen molar-refractivity contribution in [2.24, 2.45) is 0 Å². The lowest BCUT2D eigenvalue weighted by Crippen LogP contribution is -2.35. The Morgan fingerprint density at radius 2 is 2.05 bits per heavy atom. The number of halogens is 1. The summed E-state index contributed by atoms with van der Waals surface area (Å²) in [5, 5.41) is 0.290. The molecular formula is C13H20ClN3O3. The first kappa shape index (κ1) is 16.7. The fourth-order valence-corrected chi connectivity index (χ4v) is 1.89. The SMILES string of the molecule is COCCCN(CCOC)C(=O)c1cc(N)ncc1Cl. The lowest BCUT2D eigenvalue weighted by Gasteiger charge is -2.22. The highest BCUT2D eigenvalue weighted by atomic mass is 35.5. The number of nitrogens with zero attached hydrogens (tertiary/aromatic N) is 2. The molecular weight excluding hydrogens is 282 g/mol. The largest absolute Gasteiger partial charge is 0.385 e. The van der Waals surface area contributed by atoms with Gasteiger partial charge in [-0.3, -0.25) is 4.79 Å². The summed E-state index contributed by atoms with van der Waals surface area (Å²) in [7, 11) is 3.22. The van der Waals surface area contributed by atoms with Crippen molar-refractivity contribution in [1.82, 2.24) is 9.88 Å². The van der Waals surface area contributed by atoms with Crippen molar-refractivity contribution in [1.29, 1.82) is 0 Å². The maximum Gasteiger partial charge on any atom is 0.255 e. The lowest BCUT2D eigenvalue weighted by atomic mass is 10.2. The van der Waals surface area contributed by atoms with Crippen LogP contribution in [0, 0.1) is 0 Å². The Balaban J connectivity index is 2.82. The zero-order valence-electron chi connectivity index (χ0n) is 11.8. The summed E-state index contributed by atoms with van der Waals surface area (Å²) in [5.74, 6) is 0.0820. The van der Waals surface area contributed by atoms with Gasteiger partial charge >= 0.3 is 0 Å². The maximum atomic E-state index is 12.5. The number of pyridine rings is 1. The Hall–Kier alpha value is -1.37. The number of rotatable bonds is 8. The molecule has 6 nitrogen and oxygen atoms in total. The molecule has 0 aliphatic carbocycles. The Morgan fingerprint density at radius 1 is 1.35 bits per heavy atom. The van der Waals surface area contributed by atoms with Crippen LogP contribution >= 0.6 is 11.6 Å². The van der Waals surface area contributed by atoms with E-state index in [0.29, 0.717) is 36.9 Å². The van der Waals surface area contributed by atoms with Gasteiger partial charge in [-0.2, -0.15) is 0 Å². The van der Waals surface area contributed by atoms with Crippen LogP contribution in [0.1, 0.15) is 16.8 Å². The number of nitrogen functional groups attached to an aromatic ring is 1. The number of aromatic nitrogens is 1. The number of carbonyl (C=O) groups excluding carboxylic acids is 1. The predicted molar refractivity (Wildman–Crippen MR) is 77.9 cm³/mol. The average Bonchev–Trinajstić information content (AvgIpc) is 2.44. The van der Waals surface area contributed by atoms with Crippen LogP contribution in [0.3, 0.4) is 0 Å². The van der Waals surface area contributed by atoms with Crippen LogP contribution < -0.4 is 5.73 Å². The second kappa shape index (κ2) is 8.73. The number of anilines is 1. The van der Waals surface area contributed by atoms with E-state index in [0.717, 1.165) is 6.42 Å². The van der Waals surface area contributed by atoms with Crippen LogP contribution in [0.5, 0.6) is 0 Å². The maximum absolute atomic E-state index is 12.5. The Bertz CT molecular complexity index is 443. The molecule has 0 unspecified atom stereocenters. The summed E-state index contributed by atoms with van der Waals surface area (Å²) >= 11 is 6.01. The number of hydrogen-bond donors (Lipinski definition) is 1. The van der Waals surface area contributed by atoms with E-state index in [4.69, 9.17) is 26.8 Å².